The molecule has 5 nitrogen and oxygen atoms in total. The largest absolute Gasteiger partial charge is 0.491 e. The summed E-state index contributed by atoms with van der Waals surface area (Å²) in [6, 6.07) is 12.6. The van der Waals surface area contributed by atoms with Gasteiger partial charge in [0.05, 0.1) is 25.4 Å². The number of rotatable bonds is 6. The van der Waals surface area contributed by atoms with Crippen LogP contribution in [0.4, 0.5) is 0 Å². The van der Waals surface area contributed by atoms with Gasteiger partial charge in [0, 0.05) is 36.3 Å². The van der Waals surface area contributed by atoms with E-state index in [4.69, 9.17) is 9.47 Å². The van der Waals surface area contributed by atoms with E-state index in [1.807, 2.05) is 44.6 Å². The van der Waals surface area contributed by atoms with Gasteiger partial charge < -0.3 is 14.0 Å². The lowest BCUT2D eigenvalue weighted by molar-refractivity contribution is 0.181. The van der Waals surface area contributed by atoms with E-state index in [1.54, 1.807) is 0 Å². The SMILES string of the molecule is CC(C)Oc1cccc(-c2nccn2[C@@H]2COC[C@H]2Cc2ccncc2)c1. The fourth-order valence-electron chi connectivity index (χ4n) is 3.70. The van der Waals surface area contributed by atoms with E-state index < -0.39 is 0 Å². The van der Waals surface area contributed by atoms with Crippen molar-refractivity contribution in [2.45, 2.75) is 32.4 Å². The average Bonchev–Trinajstić information content (AvgIpc) is 3.31. The van der Waals surface area contributed by atoms with Crippen LogP contribution in [0.5, 0.6) is 5.75 Å². The Bertz CT molecular complexity index is 876. The summed E-state index contributed by atoms with van der Waals surface area (Å²) in [6.45, 7) is 5.54. The Kier molecular flexibility index (Phi) is 5.21. The van der Waals surface area contributed by atoms with Gasteiger partial charge in [-0.2, -0.15) is 0 Å². The van der Waals surface area contributed by atoms with Crippen molar-refractivity contribution < 1.29 is 9.47 Å². The molecule has 0 bridgehead atoms. The molecule has 0 saturated carbocycles. The highest BCUT2D eigenvalue weighted by atomic mass is 16.5. The molecule has 27 heavy (non-hydrogen) atoms. The molecule has 1 aromatic carbocycles. The van der Waals surface area contributed by atoms with Crippen molar-refractivity contribution in [1.82, 2.24) is 14.5 Å². The third-order valence-corrected chi connectivity index (χ3v) is 4.90. The second kappa shape index (κ2) is 7.92. The molecule has 2 atom stereocenters. The number of ether oxygens (including phenoxy) is 2. The maximum Gasteiger partial charge on any atom is 0.140 e. The lowest BCUT2D eigenvalue weighted by atomic mass is 9.95. The first-order chi connectivity index (χ1) is 13.2. The fraction of sp³-hybridized carbons (Fsp3) is 0.364. The molecule has 2 aromatic heterocycles. The number of nitrogens with zero attached hydrogens (tertiary/aromatic N) is 3. The van der Waals surface area contributed by atoms with Gasteiger partial charge in [0.25, 0.3) is 0 Å². The minimum atomic E-state index is 0.146. The van der Waals surface area contributed by atoms with Gasteiger partial charge in [-0.1, -0.05) is 12.1 Å². The number of benzene rings is 1. The van der Waals surface area contributed by atoms with Crippen LogP contribution in [0.15, 0.2) is 61.2 Å². The van der Waals surface area contributed by atoms with Crippen molar-refractivity contribution in [1.29, 1.82) is 0 Å². The second-order valence-electron chi connectivity index (χ2n) is 7.28. The first-order valence-corrected chi connectivity index (χ1v) is 9.47. The molecule has 4 rings (SSSR count). The number of hydrogen-bond acceptors (Lipinski definition) is 4. The molecule has 0 aliphatic carbocycles. The van der Waals surface area contributed by atoms with Crippen molar-refractivity contribution in [3.05, 3.63) is 66.7 Å². The van der Waals surface area contributed by atoms with Crippen molar-refractivity contribution in [2.24, 2.45) is 5.92 Å². The van der Waals surface area contributed by atoms with Crippen molar-refractivity contribution in [3.63, 3.8) is 0 Å². The molecule has 0 amide bonds. The molecule has 1 fully saturated rings. The first-order valence-electron chi connectivity index (χ1n) is 9.47. The van der Waals surface area contributed by atoms with Gasteiger partial charge in [-0.3, -0.25) is 4.98 Å². The van der Waals surface area contributed by atoms with Gasteiger partial charge in [0.1, 0.15) is 11.6 Å². The predicted molar refractivity (Wildman–Crippen MR) is 105 cm³/mol. The van der Waals surface area contributed by atoms with Crippen LogP contribution in [0.3, 0.4) is 0 Å². The van der Waals surface area contributed by atoms with Crippen LogP contribution in [0.1, 0.15) is 25.5 Å². The Morgan fingerprint density at radius 3 is 2.81 bits per heavy atom. The highest BCUT2D eigenvalue weighted by molar-refractivity contribution is 5.58. The number of pyridine rings is 1. The molecule has 1 saturated heterocycles. The molecule has 1 aliphatic rings. The highest BCUT2D eigenvalue weighted by Gasteiger charge is 2.31. The molecular formula is C22H25N3O2. The third kappa shape index (κ3) is 4.03. The summed E-state index contributed by atoms with van der Waals surface area (Å²) in [6.07, 6.45) is 8.75. The molecule has 0 spiro atoms. The van der Waals surface area contributed by atoms with Gasteiger partial charge >= 0.3 is 0 Å². The smallest absolute Gasteiger partial charge is 0.140 e. The first kappa shape index (κ1) is 17.7. The zero-order valence-corrected chi connectivity index (χ0v) is 15.8. The Hall–Kier alpha value is -2.66. The normalized spacial score (nSPS) is 19.5. The summed E-state index contributed by atoms with van der Waals surface area (Å²) in [4.78, 5) is 8.75. The van der Waals surface area contributed by atoms with Crippen LogP contribution in [0.2, 0.25) is 0 Å². The zero-order chi connectivity index (χ0) is 18.6. The molecule has 140 valence electrons. The van der Waals surface area contributed by atoms with E-state index in [0.29, 0.717) is 12.5 Å². The van der Waals surface area contributed by atoms with Crippen LogP contribution in [0, 0.1) is 5.92 Å². The monoisotopic (exact) mass is 363 g/mol. The van der Waals surface area contributed by atoms with E-state index in [0.717, 1.165) is 30.2 Å². The summed E-state index contributed by atoms with van der Waals surface area (Å²) < 4.78 is 14.0. The van der Waals surface area contributed by atoms with Crippen LogP contribution in [-0.4, -0.2) is 33.9 Å². The second-order valence-corrected chi connectivity index (χ2v) is 7.28. The maximum atomic E-state index is 5.85. The summed E-state index contributed by atoms with van der Waals surface area (Å²) in [7, 11) is 0. The Morgan fingerprint density at radius 1 is 1.15 bits per heavy atom. The Labute approximate surface area is 160 Å². The molecular weight excluding hydrogens is 338 g/mol. The van der Waals surface area contributed by atoms with Crippen molar-refractivity contribution >= 4 is 0 Å². The van der Waals surface area contributed by atoms with Crippen molar-refractivity contribution in [3.8, 4) is 17.1 Å². The Morgan fingerprint density at radius 2 is 2.00 bits per heavy atom. The van der Waals surface area contributed by atoms with Crippen molar-refractivity contribution in [2.75, 3.05) is 13.2 Å². The summed E-state index contributed by atoms with van der Waals surface area (Å²) in [5.41, 5.74) is 2.35. The third-order valence-electron chi connectivity index (χ3n) is 4.90. The number of imidazole rings is 1. The quantitative estimate of drug-likeness (QED) is 0.660. The van der Waals surface area contributed by atoms with E-state index in [1.165, 1.54) is 5.56 Å². The van der Waals surface area contributed by atoms with E-state index in [-0.39, 0.29) is 12.1 Å². The molecule has 3 heterocycles. The van der Waals surface area contributed by atoms with E-state index in [9.17, 15) is 0 Å². The van der Waals surface area contributed by atoms with E-state index in [2.05, 4.69) is 45.0 Å². The zero-order valence-electron chi connectivity index (χ0n) is 15.8. The number of aromatic nitrogens is 3. The van der Waals surface area contributed by atoms with Gasteiger partial charge in [0.2, 0.25) is 0 Å². The molecule has 3 aromatic rings. The molecule has 0 unspecified atom stereocenters. The molecule has 0 radical (unpaired) electrons. The van der Waals surface area contributed by atoms with Gasteiger partial charge in [-0.25, -0.2) is 4.98 Å². The summed E-state index contributed by atoms with van der Waals surface area (Å²) in [5.74, 6) is 2.24. The summed E-state index contributed by atoms with van der Waals surface area (Å²) in [5, 5.41) is 0. The minimum Gasteiger partial charge on any atom is -0.491 e. The van der Waals surface area contributed by atoms with E-state index >= 15 is 0 Å². The topological polar surface area (TPSA) is 49.2 Å². The van der Waals surface area contributed by atoms with Crippen LogP contribution in [-0.2, 0) is 11.2 Å². The number of hydrogen-bond donors (Lipinski definition) is 0. The van der Waals surface area contributed by atoms with Gasteiger partial charge in [0.15, 0.2) is 0 Å². The molecule has 5 heteroatoms. The molecule has 0 N–H and O–H groups in total. The van der Waals surface area contributed by atoms with Crippen LogP contribution < -0.4 is 4.74 Å². The standard InChI is InChI=1S/C22H25N3O2/c1-16(2)27-20-5-3-4-18(13-20)22-24-10-11-25(22)21-15-26-14-19(21)12-17-6-8-23-9-7-17/h3-11,13,16,19,21H,12,14-15H2,1-2H3/t19-,21-/m1/s1. The molecule has 1 aliphatic heterocycles. The summed E-state index contributed by atoms with van der Waals surface area (Å²) >= 11 is 0. The minimum absolute atomic E-state index is 0.146. The lowest BCUT2D eigenvalue weighted by Crippen LogP contribution is -2.20. The highest BCUT2D eigenvalue weighted by Crippen LogP contribution is 2.33. The fourth-order valence-corrected chi connectivity index (χ4v) is 3.70. The lowest BCUT2D eigenvalue weighted by Gasteiger charge is -2.21. The average molecular weight is 363 g/mol. The Balaban J connectivity index is 1.59. The maximum absolute atomic E-state index is 5.85. The van der Waals surface area contributed by atoms with Gasteiger partial charge in [-0.15, -0.1) is 0 Å². The van der Waals surface area contributed by atoms with Crippen LogP contribution >= 0.6 is 0 Å². The van der Waals surface area contributed by atoms with Crippen LogP contribution in [0.25, 0.3) is 11.4 Å². The van der Waals surface area contributed by atoms with Gasteiger partial charge in [-0.05, 0) is 50.1 Å². The predicted octanol–water partition coefficient (Wildman–Crippen LogP) is 4.16.